The second kappa shape index (κ2) is 6.62. The highest BCUT2D eigenvalue weighted by atomic mass is 15.1. The minimum Gasteiger partial charge on any atom is -0.371 e. The molecule has 1 aromatic carbocycles. The van der Waals surface area contributed by atoms with Crippen LogP contribution < -0.4 is 10.2 Å². The predicted molar refractivity (Wildman–Crippen MR) is 88.3 cm³/mol. The van der Waals surface area contributed by atoms with Gasteiger partial charge in [0.25, 0.3) is 0 Å². The number of anilines is 1. The first kappa shape index (κ1) is 15.4. The molecule has 0 amide bonds. The van der Waals surface area contributed by atoms with Gasteiger partial charge in [-0.05, 0) is 49.8 Å². The van der Waals surface area contributed by atoms with E-state index in [0.29, 0.717) is 11.5 Å². The number of para-hydroxylation sites is 1. The Morgan fingerprint density at radius 2 is 1.90 bits per heavy atom. The van der Waals surface area contributed by atoms with Crippen LogP contribution in [-0.4, -0.2) is 25.7 Å². The van der Waals surface area contributed by atoms with Crippen LogP contribution in [0.2, 0.25) is 0 Å². The fourth-order valence-corrected chi connectivity index (χ4v) is 3.72. The summed E-state index contributed by atoms with van der Waals surface area (Å²) in [5, 5.41) is 3.74. The zero-order valence-electron chi connectivity index (χ0n) is 13.5. The van der Waals surface area contributed by atoms with E-state index in [1.54, 1.807) is 0 Å². The summed E-state index contributed by atoms with van der Waals surface area (Å²) in [5.41, 5.74) is 1.78. The van der Waals surface area contributed by atoms with Crippen molar-refractivity contribution >= 4 is 5.69 Å². The van der Waals surface area contributed by atoms with E-state index in [4.69, 9.17) is 0 Å². The second-order valence-corrected chi connectivity index (χ2v) is 6.70. The Morgan fingerprint density at radius 3 is 2.50 bits per heavy atom. The van der Waals surface area contributed by atoms with Crippen LogP contribution in [0.1, 0.15) is 40.5 Å². The van der Waals surface area contributed by atoms with E-state index in [0.717, 1.165) is 19.0 Å². The molecule has 1 aliphatic carbocycles. The molecule has 0 aromatic heterocycles. The third-order valence-electron chi connectivity index (χ3n) is 4.85. The van der Waals surface area contributed by atoms with Gasteiger partial charge in [-0.15, -0.1) is 0 Å². The zero-order valence-corrected chi connectivity index (χ0v) is 13.5. The van der Waals surface area contributed by atoms with Crippen LogP contribution in [0.15, 0.2) is 30.3 Å². The Morgan fingerprint density at radius 1 is 1.20 bits per heavy atom. The van der Waals surface area contributed by atoms with Crippen LogP contribution in [-0.2, 0) is 0 Å². The third kappa shape index (κ3) is 3.35. The molecule has 2 unspecified atom stereocenters. The molecule has 2 atom stereocenters. The van der Waals surface area contributed by atoms with Crippen molar-refractivity contribution in [1.82, 2.24) is 5.32 Å². The lowest BCUT2D eigenvalue weighted by molar-refractivity contribution is 0.253. The van der Waals surface area contributed by atoms with Gasteiger partial charge in [0.1, 0.15) is 0 Å². The van der Waals surface area contributed by atoms with Crippen LogP contribution in [0.4, 0.5) is 5.69 Å². The molecule has 2 nitrogen and oxygen atoms in total. The summed E-state index contributed by atoms with van der Waals surface area (Å²) in [5.74, 6) is 0.755. The molecule has 1 aliphatic rings. The van der Waals surface area contributed by atoms with E-state index >= 15 is 0 Å². The fraction of sp³-hybridized carbons (Fsp3) is 0.667. The van der Waals surface area contributed by atoms with Crippen molar-refractivity contribution in [2.45, 2.75) is 46.6 Å². The van der Waals surface area contributed by atoms with Crippen LogP contribution in [0.25, 0.3) is 0 Å². The Labute approximate surface area is 124 Å². The molecule has 2 rings (SSSR count). The number of nitrogens with zero attached hydrogens (tertiary/aromatic N) is 1. The minimum atomic E-state index is 0.427. The van der Waals surface area contributed by atoms with E-state index in [9.17, 15) is 0 Å². The predicted octanol–water partition coefficient (Wildman–Crippen LogP) is 3.93. The molecule has 1 saturated carbocycles. The highest BCUT2D eigenvalue weighted by molar-refractivity contribution is 5.45. The fourth-order valence-electron chi connectivity index (χ4n) is 3.72. The summed E-state index contributed by atoms with van der Waals surface area (Å²) < 4.78 is 0. The average Bonchev–Trinajstić information content (AvgIpc) is 2.73. The molecule has 0 spiro atoms. The first-order valence-corrected chi connectivity index (χ1v) is 8.12. The number of rotatable bonds is 6. The number of benzene rings is 1. The molecule has 1 fully saturated rings. The topological polar surface area (TPSA) is 15.3 Å². The first-order valence-electron chi connectivity index (χ1n) is 8.12. The highest BCUT2D eigenvalue weighted by Crippen LogP contribution is 2.41. The van der Waals surface area contributed by atoms with Gasteiger partial charge in [0, 0.05) is 24.8 Å². The lowest BCUT2D eigenvalue weighted by atomic mass is 9.84. The van der Waals surface area contributed by atoms with E-state index in [-0.39, 0.29) is 0 Å². The van der Waals surface area contributed by atoms with Crippen molar-refractivity contribution in [3.05, 3.63) is 30.3 Å². The first-order chi connectivity index (χ1) is 9.58. The maximum atomic E-state index is 3.74. The van der Waals surface area contributed by atoms with E-state index in [2.05, 4.69) is 68.2 Å². The minimum absolute atomic E-state index is 0.427. The van der Waals surface area contributed by atoms with Crippen molar-refractivity contribution in [2.75, 3.05) is 24.5 Å². The maximum Gasteiger partial charge on any atom is 0.0366 e. The van der Waals surface area contributed by atoms with Gasteiger partial charge in [-0.1, -0.05) is 39.0 Å². The summed E-state index contributed by atoms with van der Waals surface area (Å²) in [7, 11) is 0. The smallest absolute Gasteiger partial charge is 0.0366 e. The van der Waals surface area contributed by atoms with Gasteiger partial charge in [0.15, 0.2) is 0 Å². The molecule has 0 heterocycles. The van der Waals surface area contributed by atoms with Crippen LogP contribution >= 0.6 is 0 Å². The SMILES string of the molecule is CCNC1C(CN(CC)c2ccccc2)CCC1(C)C. The lowest BCUT2D eigenvalue weighted by Gasteiger charge is -2.34. The number of hydrogen-bond acceptors (Lipinski definition) is 2. The third-order valence-corrected chi connectivity index (χ3v) is 4.85. The lowest BCUT2D eigenvalue weighted by Crippen LogP contribution is -2.45. The standard InChI is InChI=1S/C18H30N2/c1-5-19-17-15(12-13-18(17,3)4)14-20(6-2)16-10-8-7-9-11-16/h7-11,15,17,19H,5-6,12-14H2,1-4H3. The van der Waals surface area contributed by atoms with E-state index in [1.807, 2.05) is 0 Å². The Balaban J connectivity index is 2.07. The zero-order chi connectivity index (χ0) is 14.6. The van der Waals surface area contributed by atoms with E-state index in [1.165, 1.54) is 25.1 Å². The summed E-state index contributed by atoms with van der Waals surface area (Å²) in [6, 6.07) is 11.5. The number of hydrogen-bond donors (Lipinski definition) is 1. The average molecular weight is 274 g/mol. The molecule has 0 saturated heterocycles. The Kier molecular flexibility index (Phi) is 5.09. The Bertz CT molecular complexity index is 399. The van der Waals surface area contributed by atoms with Crippen LogP contribution in [0.5, 0.6) is 0 Å². The summed E-state index contributed by atoms with van der Waals surface area (Å²) in [4.78, 5) is 2.52. The summed E-state index contributed by atoms with van der Waals surface area (Å²) in [6.45, 7) is 12.6. The monoisotopic (exact) mass is 274 g/mol. The molecule has 0 aliphatic heterocycles. The van der Waals surface area contributed by atoms with Gasteiger partial charge >= 0.3 is 0 Å². The summed E-state index contributed by atoms with van der Waals surface area (Å²) in [6.07, 6.45) is 2.68. The molecule has 1 N–H and O–H groups in total. The summed E-state index contributed by atoms with van der Waals surface area (Å²) >= 11 is 0. The molecule has 0 bridgehead atoms. The molecule has 1 aromatic rings. The highest BCUT2D eigenvalue weighted by Gasteiger charge is 2.41. The van der Waals surface area contributed by atoms with Crippen molar-refractivity contribution in [3.63, 3.8) is 0 Å². The van der Waals surface area contributed by atoms with Crippen molar-refractivity contribution in [2.24, 2.45) is 11.3 Å². The van der Waals surface area contributed by atoms with Crippen LogP contribution in [0.3, 0.4) is 0 Å². The maximum absolute atomic E-state index is 3.74. The van der Waals surface area contributed by atoms with Gasteiger partial charge in [-0.3, -0.25) is 0 Å². The molecular formula is C18H30N2. The van der Waals surface area contributed by atoms with Gasteiger partial charge < -0.3 is 10.2 Å². The largest absolute Gasteiger partial charge is 0.371 e. The van der Waals surface area contributed by atoms with Crippen molar-refractivity contribution in [1.29, 1.82) is 0 Å². The van der Waals surface area contributed by atoms with Gasteiger partial charge in [-0.25, -0.2) is 0 Å². The Hall–Kier alpha value is -1.02. The molecule has 112 valence electrons. The second-order valence-electron chi connectivity index (χ2n) is 6.70. The van der Waals surface area contributed by atoms with Crippen molar-refractivity contribution in [3.8, 4) is 0 Å². The van der Waals surface area contributed by atoms with Crippen molar-refractivity contribution < 1.29 is 0 Å². The number of nitrogens with one attached hydrogen (secondary N) is 1. The van der Waals surface area contributed by atoms with Gasteiger partial charge in [0.05, 0.1) is 0 Å². The molecule has 0 radical (unpaired) electrons. The molecular weight excluding hydrogens is 244 g/mol. The normalized spacial score (nSPS) is 24.8. The van der Waals surface area contributed by atoms with Gasteiger partial charge in [0.2, 0.25) is 0 Å². The van der Waals surface area contributed by atoms with E-state index < -0.39 is 0 Å². The quantitative estimate of drug-likeness (QED) is 0.845. The molecule has 20 heavy (non-hydrogen) atoms. The molecule has 2 heteroatoms. The van der Waals surface area contributed by atoms with Crippen LogP contribution in [0, 0.1) is 11.3 Å². The van der Waals surface area contributed by atoms with Gasteiger partial charge in [-0.2, -0.15) is 0 Å².